The first kappa shape index (κ1) is 39.1. The molecule has 1 unspecified atom stereocenters. The molecule has 0 aliphatic carbocycles. The zero-order chi connectivity index (χ0) is 31.1. The fourth-order valence-electron chi connectivity index (χ4n) is 1.89. The first-order chi connectivity index (χ1) is 15.4. The van der Waals surface area contributed by atoms with Crippen LogP contribution < -0.4 is 18.9 Å². The number of alkyl halides is 22. The minimum Gasteiger partial charge on any atom is -0.746 e. The van der Waals surface area contributed by atoms with Gasteiger partial charge in [-0.3, -0.25) is 0 Å². The molecule has 0 aromatic heterocycles. The molecule has 3 nitrogen and oxygen atoms in total. The van der Waals surface area contributed by atoms with Crippen LogP contribution >= 0.6 is 0 Å². The van der Waals surface area contributed by atoms with E-state index in [1.165, 1.54) is 0 Å². The standard InChI is InChI=1S/C11H2F22O3S.Li/c12-1(37(34,35)36)2(13,14)3(15,16)4(17,18)5(19,20)6(21,22)7(23,24)8(25,26)9(27,28)10(29,30)11(31,32)33;/h1H,(H,34,35,36);/q;+1/p-1. The maximum absolute atomic E-state index is 13.4. The van der Waals surface area contributed by atoms with Crippen molar-refractivity contribution < 1.29 is 128 Å². The van der Waals surface area contributed by atoms with Crippen LogP contribution in [0.5, 0.6) is 0 Å². The molecule has 0 aliphatic heterocycles. The van der Waals surface area contributed by atoms with Gasteiger partial charge < -0.3 is 4.55 Å². The molecule has 0 aliphatic rings. The van der Waals surface area contributed by atoms with Crippen LogP contribution in [0.15, 0.2) is 0 Å². The zero-order valence-electron chi connectivity index (χ0n) is 16.5. The molecule has 1 atom stereocenters. The van der Waals surface area contributed by atoms with Crippen molar-refractivity contribution >= 4 is 10.1 Å². The van der Waals surface area contributed by atoms with Gasteiger partial charge in [0.05, 0.1) is 0 Å². The molecule has 0 radical (unpaired) electrons. The van der Waals surface area contributed by atoms with Crippen LogP contribution in [0, 0.1) is 0 Å². The second-order valence-corrected chi connectivity index (χ2v) is 7.92. The quantitative estimate of drug-likeness (QED) is 0.210. The first-order valence-corrected chi connectivity index (χ1v) is 8.93. The third-order valence-electron chi connectivity index (χ3n) is 4.07. The van der Waals surface area contributed by atoms with E-state index in [0.29, 0.717) is 0 Å². The Morgan fingerprint density at radius 3 is 0.789 bits per heavy atom. The van der Waals surface area contributed by atoms with E-state index < -0.39 is 75.1 Å². The van der Waals surface area contributed by atoms with Crippen LogP contribution in [0.1, 0.15) is 0 Å². The van der Waals surface area contributed by atoms with Gasteiger partial charge in [0, 0.05) is 0 Å². The SMILES string of the molecule is O=S(=O)([O-])C(F)C(F)(F)C(F)(F)C(F)(F)C(F)(F)C(F)(F)C(F)(F)C(F)(F)C(F)(F)C(F)(F)C(F)(F)F.[Li+]. The molecule has 0 N–H and O–H groups in total. The molecule has 0 amide bonds. The van der Waals surface area contributed by atoms with Crippen LogP contribution in [-0.4, -0.2) is 78.0 Å². The van der Waals surface area contributed by atoms with Crippen molar-refractivity contribution in [1.82, 2.24) is 0 Å². The fraction of sp³-hybridized carbons (Fsp3) is 1.00. The molecule has 0 saturated heterocycles. The van der Waals surface area contributed by atoms with Gasteiger partial charge in [0.25, 0.3) is 5.50 Å². The van der Waals surface area contributed by atoms with E-state index in [1.54, 1.807) is 0 Å². The Morgan fingerprint density at radius 2 is 0.605 bits per heavy atom. The van der Waals surface area contributed by atoms with Crippen molar-refractivity contribution in [3.8, 4) is 0 Å². The minimum absolute atomic E-state index is 0. The molecule has 0 rings (SSSR count). The van der Waals surface area contributed by atoms with Gasteiger partial charge in [0.2, 0.25) is 0 Å². The largest absolute Gasteiger partial charge is 1.00 e. The Balaban J connectivity index is 0. The van der Waals surface area contributed by atoms with Gasteiger partial charge in [-0.2, -0.15) is 92.2 Å². The summed E-state index contributed by atoms with van der Waals surface area (Å²) in [5.74, 6) is -81.4. The molecule has 224 valence electrons. The summed E-state index contributed by atoms with van der Waals surface area (Å²) in [6, 6.07) is 0. The molecule has 27 heteroatoms. The zero-order valence-corrected chi connectivity index (χ0v) is 17.3. The molecule has 0 bridgehead atoms. The number of halogens is 22. The summed E-state index contributed by atoms with van der Waals surface area (Å²) in [5, 5.41) is 0. The van der Waals surface area contributed by atoms with Gasteiger partial charge in [0.15, 0.2) is 0 Å². The molecule has 0 aromatic carbocycles. The van der Waals surface area contributed by atoms with Crippen molar-refractivity contribution in [1.29, 1.82) is 0 Å². The Kier molecular flexibility index (Phi) is 9.80. The van der Waals surface area contributed by atoms with Gasteiger partial charge in [-0.05, 0) is 0 Å². The Morgan fingerprint density at radius 1 is 0.421 bits per heavy atom. The summed E-state index contributed by atoms with van der Waals surface area (Å²) in [5.41, 5.74) is -6.32. The van der Waals surface area contributed by atoms with Crippen molar-refractivity contribution in [3.05, 3.63) is 0 Å². The monoisotopic (exact) mass is 638 g/mol. The summed E-state index contributed by atoms with van der Waals surface area (Å²) in [6.07, 6.45) is -8.12. The molecule has 0 aromatic rings. The van der Waals surface area contributed by atoms with Crippen molar-refractivity contribution in [2.45, 2.75) is 65.0 Å². The van der Waals surface area contributed by atoms with E-state index in [0.717, 1.165) is 0 Å². The van der Waals surface area contributed by atoms with E-state index in [1.807, 2.05) is 0 Å². The van der Waals surface area contributed by atoms with Crippen LogP contribution in [-0.2, 0) is 10.1 Å². The Hall–Kier alpha value is -1.03. The van der Waals surface area contributed by atoms with Crippen molar-refractivity contribution in [3.63, 3.8) is 0 Å². The van der Waals surface area contributed by atoms with E-state index in [4.69, 9.17) is 0 Å². The average Bonchev–Trinajstić information content (AvgIpc) is 2.64. The molecule has 38 heavy (non-hydrogen) atoms. The number of rotatable bonds is 10. The van der Waals surface area contributed by atoms with Crippen LogP contribution in [0.3, 0.4) is 0 Å². The maximum Gasteiger partial charge on any atom is 1.00 e. The predicted molar refractivity (Wildman–Crippen MR) is 65.2 cm³/mol. The summed E-state index contributed by atoms with van der Waals surface area (Å²) in [6.45, 7) is 0. The van der Waals surface area contributed by atoms with E-state index >= 15 is 0 Å². The van der Waals surface area contributed by atoms with E-state index in [9.17, 15) is 110 Å². The van der Waals surface area contributed by atoms with E-state index in [-0.39, 0.29) is 18.9 Å². The summed E-state index contributed by atoms with van der Waals surface area (Å²) in [4.78, 5) is 0. The molecular weight excluding hydrogens is 637 g/mol. The molecular formula is C11HF22LiO3S. The second-order valence-electron chi connectivity index (χ2n) is 6.52. The third-order valence-corrected chi connectivity index (χ3v) is 4.88. The predicted octanol–water partition coefficient (Wildman–Crippen LogP) is 3.11. The minimum atomic E-state index is -9.46. The summed E-state index contributed by atoms with van der Waals surface area (Å²) >= 11 is 0. The van der Waals surface area contributed by atoms with Gasteiger partial charge in [-0.25, -0.2) is 12.8 Å². The summed E-state index contributed by atoms with van der Waals surface area (Å²) in [7, 11) is -7.66. The van der Waals surface area contributed by atoms with Crippen LogP contribution in [0.25, 0.3) is 0 Å². The van der Waals surface area contributed by atoms with Crippen LogP contribution in [0.4, 0.5) is 96.6 Å². The second kappa shape index (κ2) is 9.52. The van der Waals surface area contributed by atoms with Crippen LogP contribution in [0.2, 0.25) is 0 Å². The smallest absolute Gasteiger partial charge is 0.746 e. The van der Waals surface area contributed by atoms with Gasteiger partial charge in [-0.15, -0.1) is 0 Å². The number of hydrogen-bond donors (Lipinski definition) is 0. The number of hydrogen-bond acceptors (Lipinski definition) is 3. The van der Waals surface area contributed by atoms with Gasteiger partial charge in [-0.1, -0.05) is 0 Å². The molecule has 0 spiro atoms. The normalized spacial score (nSPS) is 17.2. The Bertz CT molecular complexity index is 968. The molecule has 0 heterocycles. The molecule has 0 saturated carbocycles. The van der Waals surface area contributed by atoms with Gasteiger partial charge in [0.1, 0.15) is 10.1 Å². The van der Waals surface area contributed by atoms with Gasteiger partial charge >= 0.3 is 78.3 Å². The van der Waals surface area contributed by atoms with E-state index in [2.05, 4.69) is 0 Å². The summed E-state index contributed by atoms with van der Waals surface area (Å²) < 4.78 is 315. The van der Waals surface area contributed by atoms with Crippen molar-refractivity contribution in [2.24, 2.45) is 0 Å². The topological polar surface area (TPSA) is 57.2 Å². The fourth-order valence-corrected chi connectivity index (χ4v) is 2.40. The Labute approximate surface area is 204 Å². The third kappa shape index (κ3) is 4.77. The van der Waals surface area contributed by atoms with Crippen molar-refractivity contribution in [2.75, 3.05) is 0 Å². The average molecular weight is 638 g/mol. The maximum atomic E-state index is 13.4. The first-order valence-electron chi connectivity index (χ1n) is 7.46. The molecule has 0 fully saturated rings.